The number of ether oxygens (including phenoxy) is 2. The summed E-state index contributed by atoms with van der Waals surface area (Å²) < 4.78 is 17.0. The Hall–Kier alpha value is -2.61. The first-order valence-corrected chi connectivity index (χ1v) is 9.48. The number of hydrogen-bond acceptors (Lipinski definition) is 7. The third kappa shape index (κ3) is 3.80. The fraction of sp³-hybridized carbons (Fsp3) is 0.389. The van der Waals surface area contributed by atoms with Gasteiger partial charge in [-0.05, 0) is 37.0 Å². The zero-order valence-electron chi connectivity index (χ0n) is 14.7. The Morgan fingerprint density at radius 1 is 1.19 bits per heavy atom. The highest BCUT2D eigenvalue weighted by atomic mass is 32.1. The lowest BCUT2D eigenvalue weighted by Crippen LogP contribution is -2.18. The summed E-state index contributed by atoms with van der Waals surface area (Å²) in [5.41, 5.74) is 1.30. The number of aryl methyl sites for hydroxylation is 1. The molecule has 0 N–H and O–H groups in total. The van der Waals surface area contributed by atoms with E-state index in [1.165, 1.54) is 23.5 Å². The van der Waals surface area contributed by atoms with Gasteiger partial charge in [-0.1, -0.05) is 12.5 Å². The molecule has 3 heterocycles. The van der Waals surface area contributed by atoms with E-state index in [0.717, 1.165) is 42.4 Å². The number of imidazole rings is 1. The molecule has 2 aromatic heterocycles. The number of benzene rings is 1. The molecular formula is C18H21N5O2S. The molecule has 0 bridgehead atoms. The van der Waals surface area contributed by atoms with Gasteiger partial charge in [0, 0.05) is 37.5 Å². The lowest BCUT2D eigenvalue weighted by Gasteiger charge is -2.14. The standard InChI is InChI=1S/C18H21N5O2S/c1-22(18-20-17(21-26-18)23-10-8-19-12-23)9-4-2-3-5-14-6-7-15-16(11-14)25-13-24-15/h6-8,10-12H,2-5,9,13H2,1H3. The summed E-state index contributed by atoms with van der Waals surface area (Å²) in [5.74, 6) is 2.40. The van der Waals surface area contributed by atoms with Crippen molar-refractivity contribution in [2.75, 3.05) is 25.3 Å². The van der Waals surface area contributed by atoms with E-state index in [-0.39, 0.29) is 0 Å². The lowest BCUT2D eigenvalue weighted by molar-refractivity contribution is 0.174. The van der Waals surface area contributed by atoms with Gasteiger partial charge in [-0.25, -0.2) is 4.98 Å². The SMILES string of the molecule is CN(CCCCCc1ccc2c(c1)OCO2)c1nc(-n2ccnc2)ns1. The normalized spacial score (nSPS) is 12.5. The predicted octanol–water partition coefficient (Wildman–Crippen LogP) is 3.30. The summed E-state index contributed by atoms with van der Waals surface area (Å²) >= 11 is 1.42. The van der Waals surface area contributed by atoms with Gasteiger partial charge in [0.15, 0.2) is 11.5 Å². The molecular weight excluding hydrogens is 350 g/mol. The maximum Gasteiger partial charge on any atom is 0.248 e. The minimum absolute atomic E-state index is 0.333. The first-order valence-electron chi connectivity index (χ1n) is 8.71. The van der Waals surface area contributed by atoms with Crippen LogP contribution in [-0.2, 0) is 6.42 Å². The van der Waals surface area contributed by atoms with Crippen LogP contribution in [0.5, 0.6) is 11.5 Å². The molecule has 1 aliphatic rings. The third-order valence-corrected chi connectivity index (χ3v) is 5.18. The number of nitrogens with zero attached hydrogens (tertiary/aromatic N) is 5. The van der Waals surface area contributed by atoms with Crippen molar-refractivity contribution in [2.24, 2.45) is 0 Å². The minimum atomic E-state index is 0.333. The Balaban J connectivity index is 1.20. The van der Waals surface area contributed by atoms with Crippen molar-refractivity contribution < 1.29 is 9.47 Å². The predicted molar refractivity (Wildman–Crippen MR) is 100 cm³/mol. The monoisotopic (exact) mass is 371 g/mol. The smallest absolute Gasteiger partial charge is 0.248 e. The molecule has 0 amide bonds. The van der Waals surface area contributed by atoms with Gasteiger partial charge in [0.05, 0.1) is 0 Å². The quantitative estimate of drug-likeness (QED) is 0.566. The number of hydrogen-bond donors (Lipinski definition) is 0. The van der Waals surface area contributed by atoms with E-state index in [2.05, 4.69) is 38.4 Å². The minimum Gasteiger partial charge on any atom is -0.454 e. The second kappa shape index (κ2) is 7.74. The largest absolute Gasteiger partial charge is 0.454 e. The van der Waals surface area contributed by atoms with E-state index >= 15 is 0 Å². The van der Waals surface area contributed by atoms with Gasteiger partial charge < -0.3 is 14.4 Å². The average Bonchev–Trinajstić information content (AvgIpc) is 3.41. The topological polar surface area (TPSA) is 65.3 Å². The van der Waals surface area contributed by atoms with Crippen LogP contribution in [0.25, 0.3) is 5.95 Å². The Bertz CT molecular complexity index is 849. The summed E-state index contributed by atoms with van der Waals surface area (Å²) in [5, 5.41) is 0.935. The van der Waals surface area contributed by atoms with E-state index in [9.17, 15) is 0 Å². The summed E-state index contributed by atoms with van der Waals surface area (Å²) in [6, 6.07) is 6.21. The fourth-order valence-electron chi connectivity index (χ4n) is 2.89. The molecule has 0 fully saturated rings. The number of rotatable bonds is 8. The van der Waals surface area contributed by atoms with Crippen LogP contribution < -0.4 is 14.4 Å². The van der Waals surface area contributed by atoms with Gasteiger partial charge in [0.25, 0.3) is 0 Å². The lowest BCUT2D eigenvalue weighted by atomic mass is 10.1. The van der Waals surface area contributed by atoms with Crippen molar-refractivity contribution in [1.82, 2.24) is 18.9 Å². The van der Waals surface area contributed by atoms with Crippen LogP contribution in [0.3, 0.4) is 0 Å². The summed E-state index contributed by atoms with van der Waals surface area (Å²) in [4.78, 5) is 10.8. The van der Waals surface area contributed by atoms with Crippen molar-refractivity contribution >= 4 is 16.7 Å². The van der Waals surface area contributed by atoms with E-state index in [0.29, 0.717) is 12.7 Å². The third-order valence-electron chi connectivity index (χ3n) is 4.36. The van der Waals surface area contributed by atoms with Crippen molar-refractivity contribution in [1.29, 1.82) is 0 Å². The van der Waals surface area contributed by atoms with Crippen LogP contribution in [0.15, 0.2) is 36.9 Å². The molecule has 136 valence electrons. The highest BCUT2D eigenvalue weighted by molar-refractivity contribution is 7.09. The van der Waals surface area contributed by atoms with Crippen molar-refractivity contribution in [2.45, 2.75) is 25.7 Å². The Morgan fingerprint density at radius 2 is 2.12 bits per heavy atom. The van der Waals surface area contributed by atoms with Crippen molar-refractivity contribution in [3.8, 4) is 17.4 Å². The van der Waals surface area contributed by atoms with Crippen LogP contribution in [0.4, 0.5) is 5.13 Å². The molecule has 0 radical (unpaired) electrons. The molecule has 0 saturated carbocycles. The molecule has 1 aromatic carbocycles. The first kappa shape index (κ1) is 16.8. The van der Waals surface area contributed by atoms with Gasteiger partial charge in [0.1, 0.15) is 6.33 Å². The van der Waals surface area contributed by atoms with Gasteiger partial charge in [-0.15, -0.1) is 0 Å². The van der Waals surface area contributed by atoms with Crippen LogP contribution in [-0.4, -0.2) is 39.3 Å². The molecule has 0 spiro atoms. The molecule has 8 heteroatoms. The average molecular weight is 371 g/mol. The molecule has 0 aliphatic carbocycles. The molecule has 0 unspecified atom stereocenters. The molecule has 1 aliphatic heterocycles. The highest BCUT2D eigenvalue weighted by Crippen LogP contribution is 2.32. The molecule has 7 nitrogen and oxygen atoms in total. The number of unbranched alkanes of at least 4 members (excludes halogenated alkanes) is 2. The summed E-state index contributed by atoms with van der Waals surface area (Å²) in [7, 11) is 2.07. The molecule has 4 rings (SSSR count). The molecule has 0 saturated heterocycles. The number of fused-ring (bicyclic) bond motifs is 1. The van der Waals surface area contributed by atoms with Crippen LogP contribution in [0.2, 0.25) is 0 Å². The van der Waals surface area contributed by atoms with Crippen LogP contribution in [0.1, 0.15) is 24.8 Å². The van der Waals surface area contributed by atoms with Crippen LogP contribution in [0, 0.1) is 0 Å². The van der Waals surface area contributed by atoms with Gasteiger partial charge >= 0.3 is 0 Å². The fourth-order valence-corrected chi connectivity index (χ4v) is 3.54. The Kier molecular flexibility index (Phi) is 5.01. The maximum atomic E-state index is 5.43. The van der Waals surface area contributed by atoms with Crippen LogP contribution >= 0.6 is 11.5 Å². The maximum absolute atomic E-state index is 5.43. The Morgan fingerprint density at radius 3 is 3.00 bits per heavy atom. The Labute approximate surface area is 156 Å². The number of anilines is 1. The van der Waals surface area contributed by atoms with E-state index < -0.39 is 0 Å². The van der Waals surface area contributed by atoms with Gasteiger partial charge in [0.2, 0.25) is 17.9 Å². The highest BCUT2D eigenvalue weighted by Gasteiger charge is 2.13. The molecule has 26 heavy (non-hydrogen) atoms. The summed E-state index contributed by atoms with van der Waals surface area (Å²) in [6.45, 7) is 1.30. The summed E-state index contributed by atoms with van der Waals surface area (Å²) in [6.07, 6.45) is 9.80. The van der Waals surface area contributed by atoms with E-state index in [4.69, 9.17) is 9.47 Å². The molecule has 3 aromatic rings. The number of aromatic nitrogens is 4. The van der Waals surface area contributed by atoms with Crippen molar-refractivity contribution in [3.05, 3.63) is 42.5 Å². The van der Waals surface area contributed by atoms with Gasteiger partial charge in [-0.3, -0.25) is 4.57 Å². The zero-order valence-corrected chi connectivity index (χ0v) is 15.5. The second-order valence-corrected chi connectivity index (χ2v) is 7.00. The molecule has 0 atom stereocenters. The van der Waals surface area contributed by atoms with E-state index in [1.807, 2.05) is 16.8 Å². The first-order chi connectivity index (χ1) is 12.8. The van der Waals surface area contributed by atoms with Crippen molar-refractivity contribution in [3.63, 3.8) is 0 Å². The van der Waals surface area contributed by atoms with E-state index in [1.54, 1.807) is 12.5 Å². The zero-order chi connectivity index (χ0) is 17.8. The van der Waals surface area contributed by atoms with Gasteiger partial charge in [-0.2, -0.15) is 9.36 Å². The second-order valence-electron chi connectivity index (χ2n) is 6.27.